The van der Waals surface area contributed by atoms with Gasteiger partial charge in [0, 0.05) is 17.3 Å². The number of rotatable bonds is 3. The van der Waals surface area contributed by atoms with Gasteiger partial charge in [-0.05, 0) is 94.7 Å². The average molecular weight is 462 g/mol. The topological polar surface area (TPSA) is 69.7 Å². The van der Waals surface area contributed by atoms with E-state index >= 15 is 0 Å². The second-order valence-corrected chi connectivity index (χ2v) is 9.61. The molecule has 1 N–H and O–H groups in total. The maximum Gasteiger partial charge on any atom is 0.335 e. The fraction of sp³-hybridized carbons (Fsp3) is 0.296. The Labute approximate surface area is 198 Å². The third kappa shape index (κ3) is 3.91. The number of carbonyl (C=O) groups excluding carboxylic acids is 3. The maximum atomic E-state index is 13.7. The number of nitrogens with zero attached hydrogens (tertiary/aromatic N) is 2. The molecule has 0 aliphatic carbocycles. The van der Waals surface area contributed by atoms with Gasteiger partial charge in [0.1, 0.15) is 11.4 Å². The van der Waals surface area contributed by atoms with Gasteiger partial charge in [-0.2, -0.15) is 0 Å². The number of anilines is 2. The van der Waals surface area contributed by atoms with E-state index < -0.39 is 23.7 Å². The van der Waals surface area contributed by atoms with Crippen LogP contribution in [0.5, 0.6) is 0 Å². The van der Waals surface area contributed by atoms with Crippen LogP contribution in [-0.4, -0.2) is 29.4 Å². The van der Waals surface area contributed by atoms with E-state index in [-0.39, 0.29) is 22.8 Å². The number of benzene rings is 2. The zero-order valence-electron chi connectivity index (χ0n) is 20.2. The lowest BCUT2D eigenvalue weighted by Crippen LogP contribution is -2.54. The number of imide groups is 2. The van der Waals surface area contributed by atoms with Crippen LogP contribution in [0.3, 0.4) is 0 Å². The van der Waals surface area contributed by atoms with Gasteiger partial charge in [-0.3, -0.25) is 14.9 Å². The first-order valence-electron chi connectivity index (χ1n) is 11.2. The molecular weight excluding hydrogens is 433 g/mol. The Morgan fingerprint density at radius 2 is 1.76 bits per heavy atom. The van der Waals surface area contributed by atoms with Crippen LogP contribution in [0.2, 0.25) is 0 Å². The second kappa shape index (κ2) is 8.24. The molecule has 4 amide bonds. The summed E-state index contributed by atoms with van der Waals surface area (Å²) in [5.41, 5.74) is 4.50. The van der Waals surface area contributed by atoms with Gasteiger partial charge in [0.15, 0.2) is 0 Å². The summed E-state index contributed by atoms with van der Waals surface area (Å²) in [6.45, 7) is 12.6. The molecule has 4 rings (SSSR count). The Morgan fingerprint density at radius 3 is 2.41 bits per heavy atom. The molecular formula is C27H28FN3O3. The van der Waals surface area contributed by atoms with Crippen molar-refractivity contribution in [2.45, 2.75) is 53.1 Å². The van der Waals surface area contributed by atoms with Crippen LogP contribution in [0.1, 0.15) is 51.3 Å². The van der Waals surface area contributed by atoms with Crippen molar-refractivity contribution in [3.8, 4) is 0 Å². The molecule has 6 nitrogen and oxygen atoms in total. The minimum atomic E-state index is -0.909. The van der Waals surface area contributed by atoms with E-state index in [9.17, 15) is 18.8 Å². The fourth-order valence-corrected chi connectivity index (χ4v) is 4.97. The third-order valence-corrected chi connectivity index (χ3v) is 6.24. The summed E-state index contributed by atoms with van der Waals surface area (Å²) >= 11 is 0. The number of nitrogens with one attached hydrogen (secondary N) is 1. The highest BCUT2D eigenvalue weighted by molar-refractivity contribution is 6.39. The van der Waals surface area contributed by atoms with Gasteiger partial charge in [-0.25, -0.2) is 14.1 Å². The highest BCUT2D eigenvalue weighted by Crippen LogP contribution is 2.42. The van der Waals surface area contributed by atoms with Crippen molar-refractivity contribution in [1.82, 2.24) is 5.32 Å². The van der Waals surface area contributed by atoms with Crippen molar-refractivity contribution in [2.24, 2.45) is 0 Å². The van der Waals surface area contributed by atoms with Gasteiger partial charge in [-0.15, -0.1) is 0 Å². The zero-order valence-corrected chi connectivity index (χ0v) is 20.2. The first-order chi connectivity index (χ1) is 15.9. The molecule has 2 aliphatic rings. The van der Waals surface area contributed by atoms with Crippen molar-refractivity contribution in [3.63, 3.8) is 0 Å². The highest BCUT2D eigenvalue weighted by atomic mass is 19.1. The van der Waals surface area contributed by atoms with Crippen LogP contribution < -0.4 is 15.1 Å². The molecule has 0 radical (unpaired) electrons. The fourth-order valence-electron chi connectivity index (χ4n) is 4.97. The van der Waals surface area contributed by atoms with Crippen molar-refractivity contribution >= 4 is 40.9 Å². The lowest BCUT2D eigenvalue weighted by molar-refractivity contribution is -0.122. The number of hydrogen-bond acceptors (Lipinski definition) is 4. The Hall–Kier alpha value is -3.74. The lowest BCUT2D eigenvalue weighted by atomic mass is 9.85. The summed E-state index contributed by atoms with van der Waals surface area (Å²) in [5.74, 6) is -2.17. The normalized spacial score (nSPS) is 18.9. The monoisotopic (exact) mass is 461 g/mol. The lowest BCUT2D eigenvalue weighted by Gasteiger charge is -2.46. The highest BCUT2D eigenvalue weighted by Gasteiger charge is 2.37. The summed E-state index contributed by atoms with van der Waals surface area (Å²) in [7, 11) is 0. The number of carbonyl (C=O) groups is 3. The van der Waals surface area contributed by atoms with E-state index in [4.69, 9.17) is 0 Å². The van der Waals surface area contributed by atoms with E-state index in [1.807, 2.05) is 19.9 Å². The summed E-state index contributed by atoms with van der Waals surface area (Å²) in [5, 5.41) is 2.19. The van der Waals surface area contributed by atoms with E-state index in [2.05, 4.69) is 50.1 Å². The molecule has 7 heteroatoms. The van der Waals surface area contributed by atoms with Crippen LogP contribution >= 0.6 is 0 Å². The predicted molar refractivity (Wildman–Crippen MR) is 132 cm³/mol. The van der Waals surface area contributed by atoms with Crippen LogP contribution in [0.15, 0.2) is 48.0 Å². The molecule has 1 saturated heterocycles. The number of aryl methyl sites for hydroxylation is 1. The SMILES string of the molecule is CC1=CC(C)(C)N(C(C)C)c2cc(C)c(/C=C3\C(=O)NC(=O)N(c4cccc(F)c4)C3=O)cc21. The van der Waals surface area contributed by atoms with Crippen molar-refractivity contribution in [1.29, 1.82) is 0 Å². The Morgan fingerprint density at radius 1 is 1.06 bits per heavy atom. The Balaban J connectivity index is 1.81. The van der Waals surface area contributed by atoms with Crippen LogP contribution in [0, 0.1) is 12.7 Å². The Bertz CT molecular complexity index is 1290. The van der Waals surface area contributed by atoms with Crippen molar-refractivity contribution in [2.75, 3.05) is 9.80 Å². The maximum absolute atomic E-state index is 13.7. The first kappa shape index (κ1) is 23.4. The minimum Gasteiger partial charge on any atom is -0.360 e. The van der Waals surface area contributed by atoms with E-state index in [1.165, 1.54) is 24.3 Å². The van der Waals surface area contributed by atoms with Crippen molar-refractivity contribution < 1.29 is 18.8 Å². The van der Waals surface area contributed by atoms with Crippen LogP contribution in [0.4, 0.5) is 20.6 Å². The van der Waals surface area contributed by atoms with E-state index in [0.717, 1.165) is 33.4 Å². The third-order valence-electron chi connectivity index (χ3n) is 6.24. The zero-order chi connectivity index (χ0) is 24.9. The van der Waals surface area contributed by atoms with Crippen molar-refractivity contribution in [3.05, 3.63) is 70.6 Å². The molecule has 0 aromatic heterocycles. The smallest absolute Gasteiger partial charge is 0.335 e. The van der Waals surface area contributed by atoms with Crippen LogP contribution in [-0.2, 0) is 9.59 Å². The molecule has 1 fully saturated rings. The number of hydrogen-bond donors (Lipinski definition) is 1. The number of fused-ring (bicyclic) bond motifs is 1. The van der Waals surface area contributed by atoms with Crippen LogP contribution in [0.25, 0.3) is 11.6 Å². The van der Waals surface area contributed by atoms with Gasteiger partial charge in [0.05, 0.1) is 11.2 Å². The van der Waals surface area contributed by atoms with E-state index in [0.29, 0.717) is 5.56 Å². The second-order valence-electron chi connectivity index (χ2n) is 9.61. The van der Waals surface area contributed by atoms with Gasteiger partial charge >= 0.3 is 6.03 Å². The molecule has 2 aromatic carbocycles. The molecule has 0 atom stereocenters. The first-order valence-corrected chi connectivity index (χ1v) is 11.2. The van der Waals surface area contributed by atoms with Gasteiger partial charge in [0.2, 0.25) is 0 Å². The molecule has 34 heavy (non-hydrogen) atoms. The summed E-state index contributed by atoms with van der Waals surface area (Å²) in [6.07, 6.45) is 3.71. The molecule has 0 unspecified atom stereocenters. The summed E-state index contributed by atoms with van der Waals surface area (Å²) in [6, 6.07) is 8.52. The van der Waals surface area contributed by atoms with Gasteiger partial charge in [0.25, 0.3) is 11.8 Å². The number of urea groups is 1. The van der Waals surface area contributed by atoms with E-state index in [1.54, 1.807) is 0 Å². The molecule has 0 saturated carbocycles. The predicted octanol–water partition coefficient (Wildman–Crippen LogP) is 5.21. The molecule has 2 heterocycles. The summed E-state index contributed by atoms with van der Waals surface area (Å²) in [4.78, 5) is 41.3. The summed E-state index contributed by atoms with van der Waals surface area (Å²) < 4.78 is 13.7. The molecule has 176 valence electrons. The Kier molecular flexibility index (Phi) is 5.67. The van der Waals surface area contributed by atoms with Gasteiger partial charge in [-0.1, -0.05) is 12.1 Å². The number of barbiturate groups is 1. The minimum absolute atomic E-state index is 0.0525. The molecule has 2 aromatic rings. The number of halogens is 1. The molecule has 0 spiro atoms. The average Bonchev–Trinajstić information content (AvgIpc) is 2.70. The molecule has 2 aliphatic heterocycles. The quantitative estimate of drug-likeness (QED) is 0.503. The molecule has 0 bridgehead atoms. The van der Waals surface area contributed by atoms with Gasteiger partial charge < -0.3 is 4.90 Å². The number of amides is 4. The number of allylic oxidation sites excluding steroid dienone is 1. The standard InChI is InChI=1S/C27H28FN3O3/c1-15(2)31-23-10-16(3)18(11-21(23)17(4)14-27(31,5)6)12-22-24(32)29-26(34)30(25(22)33)20-9-7-8-19(28)13-20/h7-15H,1-6H3,(H,29,32,34)/b22-12+. The largest absolute Gasteiger partial charge is 0.360 e.